The SMILES string of the molecule is CC1(C)c2ccccc2N(c2cc3c4ccccc4c(N4c5ccccc5Sc5ccccc54)cc3c3ccccc23)c2cc3sc4ccc5c6ccc7ccccc7c6ccc5c4c3cc21. The molecule has 0 saturated heterocycles. The van der Waals surface area contributed by atoms with Gasteiger partial charge in [-0.1, -0.05) is 171 Å². The van der Waals surface area contributed by atoms with Crippen LogP contribution in [0.2, 0.25) is 0 Å². The van der Waals surface area contributed by atoms with Gasteiger partial charge in [0.25, 0.3) is 0 Å². The van der Waals surface area contributed by atoms with Crippen molar-refractivity contribution in [2.45, 2.75) is 29.1 Å². The summed E-state index contributed by atoms with van der Waals surface area (Å²) in [5.74, 6) is 0. The Labute approximate surface area is 395 Å². The first-order valence-electron chi connectivity index (χ1n) is 23.2. The highest BCUT2D eigenvalue weighted by atomic mass is 32.2. The number of thiophene rings is 1. The molecule has 1 aromatic heterocycles. The zero-order chi connectivity index (χ0) is 44.1. The van der Waals surface area contributed by atoms with Crippen molar-refractivity contribution in [2.24, 2.45) is 0 Å². The molecule has 4 heteroatoms. The van der Waals surface area contributed by atoms with Crippen LogP contribution in [0.4, 0.5) is 34.1 Å². The molecule has 3 heterocycles. The van der Waals surface area contributed by atoms with Gasteiger partial charge in [0.05, 0.1) is 34.1 Å². The van der Waals surface area contributed by atoms with Crippen molar-refractivity contribution in [1.29, 1.82) is 0 Å². The van der Waals surface area contributed by atoms with Crippen molar-refractivity contribution >= 4 is 142 Å². The predicted molar refractivity (Wildman–Crippen MR) is 290 cm³/mol. The molecule has 15 rings (SSSR count). The summed E-state index contributed by atoms with van der Waals surface area (Å²) >= 11 is 3.77. The lowest BCUT2D eigenvalue weighted by molar-refractivity contribution is 0.633. The van der Waals surface area contributed by atoms with Gasteiger partial charge in [-0.15, -0.1) is 11.3 Å². The number of nitrogens with zero attached hydrogens (tertiary/aromatic N) is 2. The van der Waals surface area contributed by atoms with Gasteiger partial charge in [-0.3, -0.25) is 0 Å². The molecule has 0 N–H and O–H groups in total. The molecule has 0 fully saturated rings. The van der Waals surface area contributed by atoms with E-state index in [2.05, 4.69) is 230 Å². The van der Waals surface area contributed by atoms with Gasteiger partial charge in [-0.2, -0.15) is 0 Å². The van der Waals surface area contributed by atoms with Gasteiger partial charge in [0.1, 0.15) is 0 Å². The van der Waals surface area contributed by atoms with Crippen LogP contribution in [0, 0.1) is 0 Å². The smallest absolute Gasteiger partial charge is 0.0601 e. The summed E-state index contributed by atoms with van der Waals surface area (Å²) < 4.78 is 2.63. The molecule has 67 heavy (non-hydrogen) atoms. The molecule has 0 radical (unpaired) electrons. The lowest BCUT2D eigenvalue weighted by Crippen LogP contribution is -2.30. The van der Waals surface area contributed by atoms with Crippen molar-refractivity contribution in [1.82, 2.24) is 0 Å². The molecule has 0 aliphatic carbocycles. The van der Waals surface area contributed by atoms with E-state index in [4.69, 9.17) is 0 Å². The van der Waals surface area contributed by atoms with Crippen LogP contribution in [-0.2, 0) is 5.41 Å². The highest BCUT2D eigenvalue weighted by Crippen LogP contribution is 2.58. The van der Waals surface area contributed by atoms with Crippen LogP contribution in [0.5, 0.6) is 0 Å². The summed E-state index contributed by atoms with van der Waals surface area (Å²) in [6.45, 7) is 4.84. The summed E-state index contributed by atoms with van der Waals surface area (Å²) in [5.41, 5.74) is 9.70. The summed E-state index contributed by atoms with van der Waals surface area (Å²) in [6.07, 6.45) is 0. The average Bonchev–Trinajstić information content (AvgIpc) is 3.75. The standard InChI is InChI=1S/C63H40N2S2/c1-63(2)50-21-9-10-22-52(50)64(57-36-61-49(33-51(57)63)62-46-30-29-41-38-16-4-3-15-37(38)27-28-42(41)43(46)31-32-60(62)67-61)55-34-47-40-18-6-8-20-45(40)56(35-48(47)39-17-5-7-19-44(39)55)65-53-23-11-13-25-58(53)66-59-26-14-12-24-54(59)65/h3-36H,1-2H3. The van der Waals surface area contributed by atoms with Gasteiger partial charge in [0, 0.05) is 46.2 Å². The highest BCUT2D eigenvalue weighted by Gasteiger charge is 2.38. The first-order valence-corrected chi connectivity index (χ1v) is 24.8. The van der Waals surface area contributed by atoms with E-state index in [1.54, 1.807) is 0 Å². The fourth-order valence-corrected chi connectivity index (χ4v) is 14.1. The number of fused-ring (bicyclic) bond motifs is 18. The number of para-hydroxylation sites is 3. The fourth-order valence-electron chi connectivity index (χ4n) is 11.9. The number of rotatable bonds is 2. The monoisotopic (exact) mass is 888 g/mol. The summed E-state index contributed by atoms with van der Waals surface area (Å²) in [7, 11) is 0. The van der Waals surface area contributed by atoms with Gasteiger partial charge in [-0.25, -0.2) is 0 Å². The molecule has 2 nitrogen and oxygen atoms in total. The maximum absolute atomic E-state index is 2.59. The van der Waals surface area contributed by atoms with E-state index in [9.17, 15) is 0 Å². The first kappa shape index (κ1) is 37.6. The molecule has 12 aromatic carbocycles. The van der Waals surface area contributed by atoms with Crippen molar-refractivity contribution < 1.29 is 0 Å². The van der Waals surface area contributed by atoms with Gasteiger partial charge >= 0.3 is 0 Å². The van der Waals surface area contributed by atoms with Crippen LogP contribution in [0.1, 0.15) is 25.0 Å². The quantitative estimate of drug-likeness (QED) is 0.160. The third-order valence-corrected chi connectivity index (χ3v) is 17.2. The van der Waals surface area contributed by atoms with Crippen molar-refractivity contribution in [2.75, 3.05) is 9.80 Å². The minimum Gasteiger partial charge on any atom is -0.309 e. The van der Waals surface area contributed by atoms with Crippen LogP contribution in [0.3, 0.4) is 0 Å². The Balaban J connectivity index is 0.998. The Morgan fingerprint density at radius 3 is 1.51 bits per heavy atom. The third-order valence-electron chi connectivity index (χ3n) is 15.0. The molecule has 0 amide bonds. The van der Waals surface area contributed by atoms with Crippen molar-refractivity contribution in [3.63, 3.8) is 0 Å². The van der Waals surface area contributed by atoms with Crippen LogP contribution < -0.4 is 9.80 Å². The van der Waals surface area contributed by atoms with Gasteiger partial charge in [0.2, 0.25) is 0 Å². The molecule has 0 unspecified atom stereocenters. The van der Waals surface area contributed by atoms with E-state index in [0.29, 0.717) is 0 Å². The first-order chi connectivity index (χ1) is 33.0. The van der Waals surface area contributed by atoms with Gasteiger partial charge in [-0.05, 0) is 126 Å². The molecule has 13 aromatic rings. The lowest BCUT2D eigenvalue weighted by atomic mass is 9.73. The van der Waals surface area contributed by atoms with Gasteiger partial charge in [0.15, 0.2) is 0 Å². The van der Waals surface area contributed by atoms with Gasteiger partial charge < -0.3 is 9.80 Å². The molecule has 2 aliphatic rings. The third kappa shape index (κ3) is 5.17. The van der Waals surface area contributed by atoms with E-state index < -0.39 is 0 Å². The van der Waals surface area contributed by atoms with Crippen molar-refractivity contribution in [3.8, 4) is 0 Å². The number of hydrogen-bond donors (Lipinski definition) is 0. The zero-order valence-electron chi connectivity index (χ0n) is 36.8. The largest absolute Gasteiger partial charge is 0.309 e. The fraction of sp³-hybridized carbons (Fsp3) is 0.0476. The van der Waals surface area contributed by atoms with E-state index >= 15 is 0 Å². The Morgan fingerprint density at radius 1 is 0.313 bits per heavy atom. The Morgan fingerprint density at radius 2 is 0.806 bits per heavy atom. The topological polar surface area (TPSA) is 6.48 Å². The predicted octanol–water partition coefficient (Wildman–Crippen LogP) is 19.0. The summed E-state index contributed by atoms with van der Waals surface area (Å²) in [6, 6.07) is 77.7. The van der Waals surface area contributed by atoms with Crippen LogP contribution in [0.25, 0.3) is 84.8 Å². The minimum atomic E-state index is -0.255. The van der Waals surface area contributed by atoms with E-state index in [0.717, 1.165) is 0 Å². The van der Waals surface area contributed by atoms with Crippen LogP contribution in [-0.4, -0.2) is 0 Å². The molecule has 0 atom stereocenters. The molecule has 0 spiro atoms. The van der Waals surface area contributed by atoms with Crippen molar-refractivity contribution in [3.05, 3.63) is 217 Å². The average molecular weight is 889 g/mol. The lowest BCUT2D eigenvalue weighted by Gasteiger charge is -2.42. The second-order valence-corrected chi connectivity index (χ2v) is 20.9. The molecule has 0 saturated carbocycles. The minimum absolute atomic E-state index is 0.255. The number of benzene rings is 12. The maximum atomic E-state index is 2.59. The summed E-state index contributed by atoms with van der Waals surface area (Å²) in [5, 5.41) is 18.0. The molecule has 2 aliphatic heterocycles. The maximum Gasteiger partial charge on any atom is 0.0601 e. The second kappa shape index (κ2) is 13.7. The van der Waals surface area contributed by atoms with E-state index in [1.807, 2.05) is 23.1 Å². The van der Waals surface area contributed by atoms with E-state index in [1.165, 1.54) is 140 Å². The Kier molecular flexibility index (Phi) is 7.69. The molecular formula is C63H40N2S2. The zero-order valence-corrected chi connectivity index (χ0v) is 38.5. The Hall–Kier alpha value is -7.63. The number of hydrogen-bond acceptors (Lipinski definition) is 4. The molecule has 314 valence electrons. The molecular weight excluding hydrogens is 849 g/mol. The summed E-state index contributed by atoms with van der Waals surface area (Å²) in [4.78, 5) is 7.61. The Bertz CT molecular complexity index is 4270. The second-order valence-electron chi connectivity index (χ2n) is 18.8. The van der Waals surface area contributed by atoms with E-state index in [-0.39, 0.29) is 5.41 Å². The van der Waals surface area contributed by atoms with Crippen LogP contribution >= 0.6 is 23.1 Å². The molecule has 0 bridgehead atoms. The highest BCUT2D eigenvalue weighted by molar-refractivity contribution is 7.99. The van der Waals surface area contributed by atoms with Crippen LogP contribution in [0.15, 0.2) is 216 Å². The normalized spacial score (nSPS) is 14.1. The number of anilines is 6.